The summed E-state index contributed by atoms with van der Waals surface area (Å²) in [5.41, 5.74) is 0. The number of esters is 2. The van der Waals surface area contributed by atoms with Gasteiger partial charge in [-0.2, -0.15) is 0 Å². The van der Waals surface area contributed by atoms with Gasteiger partial charge in [-0.3, -0.25) is 9.59 Å². The molecule has 0 aromatic carbocycles. The third-order valence-corrected chi connectivity index (χ3v) is 2.80. The molecule has 2 bridgehead atoms. The number of carbonyl (C=O) groups excluding carboxylic acids is 2. The van der Waals surface area contributed by atoms with Crippen molar-refractivity contribution in [2.75, 3.05) is 6.61 Å². The van der Waals surface area contributed by atoms with Gasteiger partial charge in [-0.25, -0.2) is 4.39 Å². The van der Waals surface area contributed by atoms with Crippen LogP contribution in [0.3, 0.4) is 0 Å². The van der Waals surface area contributed by atoms with E-state index < -0.39 is 36.1 Å². The van der Waals surface area contributed by atoms with Crippen LogP contribution in [-0.4, -0.2) is 30.8 Å². The third kappa shape index (κ3) is 1.36. The second-order valence-electron chi connectivity index (χ2n) is 3.73. The van der Waals surface area contributed by atoms with Crippen LogP contribution >= 0.6 is 0 Å². The minimum absolute atomic E-state index is 0.0223. The van der Waals surface area contributed by atoms with Gasteiger partial charge >= 0.3 is 11.9 Å². The van der Waals surface area contributed by atoms with Crippen molar-refractivity contribution in [3.05, 3.63) is 0 Å². The number of rotatable bonds is 1. The Morgan fingerprint density at radius 2 is 2.36 bits per heavy atom. The normalized spacial score (nSPS) is 40.6. The molecule has 0 amide bonds. The summed E-state index contributed by atoms with van der Waals surface area (Å²) in [4.78, 5) is 21.8. The Morgan fingerprint density at radius 1 is 1.64 bits per heavy atom. The molecule has 4 nitrogen and oxygen atoms in total. The smallest absolute Gasteiger partial charge is 0.312 e. The van der Waals surface area contributed by atoms with Crippen LogP contribution in [0.4, 0.5) is 4.39 Å². The highest BCUT2D eigenvalue weighted by molar-refractivity contribution is 5.75. The molecule has 0 aromatic heterocycles. The summed E-state index contributed by atoms with van der Waals surface area (Å²) in [5.74, 6) is -2.16. The van der Waals surface area contributed by atoms with E-state index in [1.54, 1.807) is 0 Å². The topological polar surface area (TPSA) is 52.6 Å². The quantitative estimate of drug-likeness (QED) is 0.579. The Hall–Kier alpha value is -1.13. The van der Waals surface area contributed by atoms with Crippen molar-refractivity contribution >= 4 is 11.9 Å². The highest BCUT2D eigenvalue weighted by Gasteiger charge is 2.53. The summed E-state index contributed by atoms with van der Waals surface area (Å²) in [6, 6.07) is 0. The molecule has 78 valence electrons. The van der Waals surface area contributed by atoms with Gasteiger partial charge in [-0.1, -0.05) is 0 Å². The van der Waals surface area contributed by atoms with E-state index in [1.807, 2.05) is 0 Å². The number of ether oxygens (including phenoxy) is 2. The first-order valence-corrected chi connectivity index (χ1v) is 4.57. The fourth-order valence-electron chi connectivity index (χ4n) is 2.12. The molecule has 4 atom stereocenters. The summed E-state index contributed by atoms with van der Waals surface area (Å²) < 4.78 is 23.2. The molecular formula is C9H11FO4. The summed E-state index contributed by atoms with van der Waals surface area (Å²) >= 11 is 0. The van der Waals surface area contributed by atoms with Crippen molar-refractivity contribution in [1.82, 2.24) is 0 Å². The Morgan fingerprint density at radius 3 is 2.93 bits per heavy atom. The minimum Gasteiger partial charge on any atom is -0.465 e. The first kappa shape index (κ1) is 9.43. The first-order chi connectivity index (χ1) is 6.59. The lowest BCUT2D eigenvalue weighted by Crippen LogP contribution is -2.36. The fourth-order valence-corrected chi connectivity index (χ4v) is 2.12. The van der Waals surface area contributed by atoms with Crippen LogP contribution in [0.2, 0.25) is 0 Å². The highest BCUT2D eigenvalue weighted by atomic mass is 19.1. The number of hydrogen-bond acceptors (Lipinski definition) is 4. The molecule has 0 N–H and O–H groups in total. The molecule has 2 aliphatic rings. The van der Waals surface area contributed by atoms with Gasteiger partial charge in [-0.15, -0.1) is 0 Å². The lowest BCUT2D eigenvalue weighted by molar-refractivity contribution is -0.159. The van der Waals surface area contributed by atoms with Crippen molar-refractivity contribution < 1.29 is 23.5 Å². The molecule has 1 saturated carbocycles. The van der Waals surface area contributed by atoms with E-state index in [0.717, 1.165) is 0 Å². The van der Waals surface area contributed by atoms with Crippen molar-refractivity contribution in [3.63, 3.8) is 0 Å². The van der Waals surface area contributed by atoms with Crippen LogP contribution in [0.5, 0.6) is 0 Å². The zero-order chi connectivity index (χ0) is 10.3. The predicted octanol–water partition coefficient (Wildman–Crippen LogP) is 0.449. The molecule has 1 saturated heterocycles. The molecule has 14 heavy (non-hydrogen) atoms. The number of carbonyl (C=O) groups is 2. The molecule has 5 heteroatoms. The molecule has 0 radical (unpaired) electrons. The fraction of sp³-hybridized carbons (Fsp3) is 0.778. The summed E-state index contributed by atoms with van der Waals surface area (Å²) in [7, 11) is 0. The van der Waals surface area contributed by atoms with Crippen LogP contribution in [0.15, 0.2) is 0 Å². The van der Waals surface area contributed by atoms with E-state index in [0.29, 0.717) is 0 Å². The van der Waals surface area contributed by atoms with Crippen molar-refractivity contribution in [3.8, 4) is 0 Å². The number of fused-ring (bicyclic) bond motifs is 2. The lowest BCUT2D eigenvalue weighted by atomic mass is 10.0. The zero-order valence-electron chi connectivity index (χ0n) is 7.73. The largest absolute Gasteiger partial charge is 0.465 e. The average Bonchev–Trinajstić information content (AvgIpc) is 2.27. The summed E-state index contributed by atoms with van der Waals surface area (Å²) in [6.45, 7) is 1.30. The van der Waals surface area contributed by atoms with Gasteiger partial charge in [0.05, 0.1) is 11.8 Å². The van der Waals surface area contributed by atoms with Crippen LogP contribution in [0, 0.1) is 11.8 Å². The zero-order valence-corrected chi connectivity index (χ0v) is 7.73. The summed E-state index contributed by atoms with van der Waals surface area (Å²) in [5, 5.41) is 0. The number of cyclic esters (lactones) is 1. The SMILES string of the molecule is CC(=O)O[C@@H]1C[C@@H]2C(=O)OC[C@H]1[C@@H]2F. The van der Waals surface area contributed by atoms with Gasteiger partial charge in [0.2, 0.25) is 0 Å². The van der Waals surface area contributed by atoms with Crippen molar-refractivity contribution in [2.24, 2.45) is 11.8 Å². The average molecular weight is 202 g/mol. The number of alkyl halides is 1. The highest BCUT2D eigenvalue weighted by Crippen LogP contribution is 2.40. The molecule has 1 aliphatic heterocycles. The van der Waals surface area contributed by atoms with Gasteiger partial charge in [0, 0.05) is 13.3 Å². The monoisotopic (exact) mass is 202 g/mol. The van der Waals surface area contributed by atoms with Gasteiger partial charge in [0.15, 0.2) is 0 Å². The Balaban J connectivity index is 2.10. The van der Waals surface area contributed by atoms with Gasteiger partial charge in [0.1, 0.15) is 18.9 Å². The maximum Gasteiger partial charge on any atom is 0.312 e. The van der Waals surface area contributed by atoms with Gasteiger partial charge in [-0.05, 0) is 0 Å². The molecular weight excluding hydrogens is 191 g/mol. The van der Waals surface area contributed by atoms with Crippen LogP contribution in [0.1, 0.15) is 13.3 Å². The second kappa shape index (κ2) is 3.22. The molecule has 1 heterocycles. The van der Waals surface area contributed by atoms with E-state index in [1.165, 1.54) is 6.92 Å². The Bertz CT molecular complexity index is 278. The number of halogens is 1. The Kier molecular flexibility index (Phi) is 2.17. The van der Waals surface area contributed by atoms with Crippen molar-refractivity contribution in [2.45, 2.75) is 25.6 Å². The van der Waals surface area contributed by atoms with E-state index in [2.05, 4.69) is 0 Å². The van der Waals surface area contributed by atoms with Crippen LogP contribution in [-0.2, 0) is 19.1 Å². The molecule has 0 unspecified atom stereocenters. The van der Waals surface area contributed by atoms with Gasteiger partial charge < -0.3 is 9.47 Å². The molecule has 1 aliphatic carbocycles. The van der Waals surface area contributed by atoms with E-state index >= 15 is 0 Å². The number of hydrogen-bond donors (Lipinski definition) is 0. The van der Waals surface area contributed by atoms with E-state index in [-0.39, 0.29) is 13.0 Å². The standard InChI is InChI=1S/C9H11FO4/c1-4(11)14-7-2-5-8(10)6(7)3-13-9(5)12/h5-8H,2-3H2,1H3/t5-,6+,7+,8+/m0/s1. The first-order valence-electron chi connectivity index (χ1n) is 4.57. The van der Waals surface area contributed by atoms with Crippen LogP contribution < -0.4 is 0 Å². The van der Waals surface area contributed by atoms with E-state index in [9.17, 15) is 14.0 Å². The minimum atomic E-state index is -1.22. The summed E-state index contributed by atoms with van der Waals surface area (Å²) in [6.07, 6.45) is -1.47. The third-order valence-electron chi connectivity index (χ3n) is 2.80. The molecule has 0 aromatic rings. The second-order valence-corrected chi connectivity index (χ2v) is 3.73. The predicted molar refractivity (Wildman–Crippen MR) is 43.0 cm³/mol. The molecule has 2 fully saturated rings. The maximum absolute atomic E-state index is 13.5. The van der Waals surface area contributed by atoms with E-state index in [4.69, 9.17) is 9.47 Å². The van der Waals surface area contributed by atoms with Gasteiger partial charge in [0.25, 0.3) is 0 Å². The maximum atomic E-state index is 13.5. The van der Waals surface area contributed by atoms with Crippen molar-refractivity contribution in [1.29, 1.82) is 0 Å². The Labute approximate surface area is 80.4 Å². The lowest BCUT2D eigenvalue weighted by Gasteiger charge is -2.24. The van der Waals surface area contributed by atoms with Crippen LogP contribution in [0.25, 0.3) is 0 Å². The molecule has 2 rings (SSSR count). The molecule has 0 spiro atoms.